The molecule has 3 heterocycles. The van der Waals surface area contributed by atoms with Gasteiger partial charge in [0.2, 0.25) is 0 Å². The highest BCUT2D eigenvalue weighted by atomic mass is 32.1. The summed E-state index contributed by atoms with van der Waals surface area (Å²) in [7, 11) is 0. The standard InChI is InChI=1S/C20H25N3OS/c1-16-6-2-3-7-17(16)12-23-11-5-9-20(23)8-4-10-22(14-20)19(24)18-13-25-15-21-18/h2-3,6-7,13,15H,4-5,8-12,14H2,1H3/t20-/m0/s1. The number of piperidine rings is 1. The number of likely N-dealkylation sites (tertiary alicyclic amines) is 2. The van der Waals surface area contributed by atoms with Gasteiger partial charge in [-0.1, -0.05) is 24.3 Å². The predicted octanol–water partition coefficient (Wildman–Crippen LogP) is 3.72. The molecule has 0 unspecified atom stereocenters. The molecule has 1 aromatic carbocycles. The van der Waals surface area contributed by atoms with Gasteiger partial charge in [-0.3, -0.25) is 9.69 Å². The maximum atomic E-state index is 12.8. The van der Waals surface area contributed by atoms with E-state index in [9.17, 15) is 4.79 Å². The molecule has 1 amide bonds. The van der Waals surface area contributed by atoms with Gasteiger partial charge in [-0.15, -0.1) is 11.3 Å². The van der Waals surface area contributed by atoms with Crippen molar-refractivity contribution in [2.75, 3.05) is 19.6 Å². The monoisotopic (exact) mass is 355 g/mol. The van der Waals surface area contributed by atoms with Gasteiger partial charge in [0.05, 0.1) is 5.51 Å². The summed E-state index contributed by atoms with van der Waals surface area (Å²) in [5, 5.41) is 1.86. The van der Waals surface area contributed by atoms with Crippen molar-refractivity contribution in [2.24, 2.45) is 0 Å². The average Bonchev–Trinajstić information content (AvgIpc) is 3.28. The summed E-state index contributed by atoms with van der Waals surface area (Å²) in [6.07, 6.45) is 4.70. The SMILES string of the molecule is Cc1ccccc1CN1CCC[C@]12CCCN(C(=O)c1cscn1)C2. The molecule has 1 spiro atoms. The van der Waals surface area contributed by atoms with Crippen LogP contribution in [0.4, 0.5) is 0 Å². The van der Waals surface area contributed by atoms with E-state index >= 15 is 0 Å². The maximum absolute atomic E-state index is 12.8. The lowest BCUT2D eigenvalue weighted by atomic mass is 9.86. The molecule has 2 aliphatic rings. The van der Waals surface area contributed by atoms with Crippen LogP contribution in [0, 0.1) is 6.92 Å². The molecule has 2 saturated heterocycles. The van der Waals surface area contributed by atoms with Gasteiger partial charge in [0.25, 0.3) is 5.91 Å². The van der Waals surface area contributed by atoms with Crippen molar-refractivity contribution in [2.45, 2.75) is 44.7 Å². The quantitative estimate of drug-likeness (QED) is 0.842. The Balaban J connectivity index is 1.53. The number of nitrogens with zero attached hydrogens (tertiary/aromatic N) is 3. The Bertz CT molecular complexity index is 745. The normalized spacial score (nSPS) is 24.1. The second kappa shape index (κ2) is 6.89. The summed E-state index contributed by atoms with van der Waals surface area (Å²) in [5.74, 6) is 0.100. The van der Waals surface area contributed by atoms with E-state index in [0.717, 1.165) is 32.6 Å². The second-order valence-electron chi connectivity index (χ2n) is 7.38. The van der Waals surface area contributed by atoms with Crippen LogP contribution in [0.3, 0.4) is 0 Å². The van der Waals surface area contributed by atoms with Crippen LogP contribution in [-0.2, 0) is 6.54 Å². The molecule has 4 nitrogen and oxygen atoms in total. The van der Waals surface area contributed by atoms with Crippen LogP contribution in [0.1, 0.15) is 47.3 Å². The van der Waals surface area contributed by atoms with E-state index in [1.54, 1.807) is 5.51 Å². The number of hydrogen-bond acceptors (Lipinski definition) is 4. The maximum Gasteiger partial charge on any atom is 0.273 e. The van der Waals surface area contributed by atoms with Crippen molar-refractivity contribution in [3.8, 4) is 0 Å². The van der Waals surface area contributed by atoms with E-state index in [0.29, 0.717) is 5.69 Å². The second-order valence-corrected chi connectivity index (χ2v) is 8.10. The number of thiazole rings is 1. The Morgan fingerprint density at radius 1 is 1.24 bits per heavy atom. The highest BCUT2D eigenvalue weighted by Gasteiger charge is 2.45. The summed E-state index contributed by atoms with van der Waals surface area (Å²) in [6.45, 7) is 6.01. The van der Waals surface area contributed by atoms with Crippen LogP contribution in [-0.4, -0.2) is 45.9 Å². The molecule has 0 radical (unpaired) electrons. The third kappa shape index (κ3) is 3.23. The molecule has 2 fully saturated rings. The number of aryl methyl sites for hydroxylation is 1. The molecule has 0 saturated carbocycles. The van der Waals surface area contributed by atoms with Gasteiger partial charge < -0.3 is 4.90 Å². The van der Waals surface area contributed by atoms with Crippen molar-refractivity contribution in [3.05, 3.63) is 52.0 Å². The molecule has 1 atom stereocenters. The first-order valence-electron chi connectivity index (χ1n) is 9.15. The molecule has 0 N–H and O–H groups in total. The summed E-state index contributed by atoms with van der Waals surface area (Å²) < 4.78 is 0. The molecule has 0 aliphatic carbocycles. The molecule has 5 heteroatoms. The summed E-state index contributed by atoms with van der Waals surface area (Å²) in [5.41, 5.74) is 5.26. The van der Waals surface area contributed by atoms with Crippen molar-refractivity contribution in [1.29, 1.82) is 0 Å². The van der Waals surface area contributed by atoms with Crippen LogP contribution < -0.4 is 0 Å². The number of amides is 1. The smallest absolute Gasteiger partial charge is 0.273 e. The summed E-state index contributed by atoms with van der Waals surface area (Å²) in [4.78, 5) is 21.7. The lowest BCUT2D eigenvalue weighted by molar-refractivity contribution is 0.0292. The van der Waals surface area contributed by atoms with E-state index in [-0.39, 0.29) is 11.4 Å². The minimum absolute atomic E-state index is 0.100. The Morgan fingerprint density at radius 2 is 2.04 bits per heavy atom. The number of hydrogen-bond donors (Lipinski definition) is 0. The third-order valence-electron chi connectivity index (χ3n) is 5.86. The summed E-state index contributed by atoms with van der Waals surface area (Å²) in [6, 6.07) is 8.66. The molecule has 1 aromatic heterocycles. The first-order valence-corrected chi connectivity index (χ1v) is 10.1. The number of carbonyl (C=O) groups excluding carboxylic acids is 1. The highest BCUT2D eigenvalue weighted by Crippen LogP contribution is 2.38. The van der Waals surface area contributed by atoms with Crippen molar-refractivity contribution in [1.82, 2.24) is 14.8 Å². The molecule has 2 aliphatic heterocycles. The van der Waals surface area contributed by atoms with E-state index < -0.39 is 0 Å². The van der Waals surface area contributed by atoms with Crippen molar-refractivity contribution < 1.29 is 4.79 Å². The van der Waals surface area contributed by atoms with Crippen LogP contribution in [0.25, 0.3) is 0 Å². The van der Waals surface area contributed by atoms with Gasteiger partial charge in [0, 0.05) is 30.6 Å². The molecule has 4 rings (SSSR count). The van der Waals surface area contributed by atoms with E-state index in [2.05, 4.69) is 41.1 Å². The zero-order valence-electron chi connectivity index (χ0n) is 14.8. The van der Waals surface area contributed by atoms with Gasteiger partial charge in [0.1, 0.15) is 5.69 Å². The Labute approximate surface area is 153 Å². The number of carbonyl (C=O) groups is 1. The minimum atomic E-state index is 0.100. The fourth-order valence-corrected chi connectivity index (χ4v) is 4.99. The van der Waals surface area contributed by atoms with Crippen molar-refractivity contribution in [3.63, 3.8) is 0 Å². The zero-order valence-corrected chi connectivity index (χ0v) is 15.6. The summed E-state index contributed by atoms with van der Waals surface area (Å²) >= 11 is 1.49. The van der Waals surface area contributed by atoms with E-state index in [1.165, 1.54) is 41.7 Å². The van der Waals surface area contributed by atoms with Crippen LogP contribution in [0.5, 0.6) is 0 Å². The van der Waals surface area contributed by atoms with Gasteiger partial charge in [-0.05, 0) is 50.3 Å². The van der Waals surface area contributed by atoms with Crippen molar-refractivity contribution >= 4 is 17.2 Å². The molecule has 2 aromatic rings. The largest absolute Gasteiger partial charge is 0.335 e. The minimum Gasteiger partial charge on any atom is -0.335 e. The number of rotatable bonds is 3. The first-order chi connectivity index (χ1) is 12.2. The van der Waals surface area contributed by atoms with Gasteiger partial charge in [-0.25, -0.2) is 4.98 Å². The van der Waals surface area contributed by atoms with Gasteiger partial charge in [-0.2, -0.15) is 0 Å². The van der Waals surface area contributed by atoms with Crippen LogP contribution >= 0.6 is 11.3 Å². The zero-order chi connectivity index (χ0) is 17.3. The molecule has 25 heavy (non-hydrogen) atoms. The van der Waals surface area contributed by atoms with Gasteiger partial charge >= 0.3 is 0 Å². The molecular formula is C20H25N3OS. The Hall–Kier alpha value is -1.72. The van der Waals surface area contributed by atoms with Gasteiger partial charge in [0.15, 0.2) is 0 Å². The Morgan fingerprint density at radius 3 is 2.80 bits per heavy atom. The molecule has 132 valence electrons. The topological polar surface area (TPSA) is 36.4 Å². The molecule has 0 bridgehead atoms. The lowest BCUT2D eigenvalue weighted by Gasteiger charge is -2.46. The van der Waals surface area contributed by atoms with Crippen LogP contribution in [0.15, 0.2) is 35.2 Å². The molecular weight excluding hydrogens is 330 g/mol. The number of benzene rings is 1. The predicted molar refractivity (Wildman–Crippen MR) is 101 cm³/mol. The highest BCUT2D eigenvalue weighted by molar-refractivity contribution is 7.07. The fourth-order valence-electron chi connectivity index (χ4n) is 4.46. The number of aromatic nitrogens is 1. The third-order valence-corrected chi connectivity index (χ3v) is 6.44. The fraction of sp³-hybridized carbons (Fsp3) is 0.500. The average molecular weight is 356 g/mol. The van der Waals surface area contributed by atoms with E-state index in [4.69, 9.17) is 0 Å². The Kier molecular flexibility index (Phi) is 4.61. The van der Waals surface area contributed by atoms with Crippen LogP contribution in [0.2, 0.25) is 0 Å². The van der Waals surface area contributed by atoms with E-state index in [1.807, 2.05) is 10.3 Å². The first kappa shape index (κ1) is 16.7. The lowest BCUT2D eigenvalue weighted by Crippen LogP contribution is -2.56.